The van der Waals surface area contributed by atoms with E-state index in [2.05, 4.69) is 21.2 Å². The van der Waals surface area contributed by atoms with Gasteiger partial charge in [0.15, 0.2) is 6.04 Å². The molecule has 0 fully saturated rings. The largest absolute Gasteiger partial charge is 0.467 e. The van der Waals surface area contributed by atoms with Crippen LogP contribution < -0.4 is 5.32 Å². The van der Waals surface area contributed by atoms with Gasteiger partial charge in [0.2, 0.25) is 0 Å². The van der Waals surface area contributed by atoms with E-state index in [0.29, 0.717) is 5.02 Å². The van der Waals surface area contributed by atoms with Gasteiger partial charge in [0.25, 0.3) is 0 Å². The molecule has 1 atom stereocenters. The predicted molar refractivity (Wildman–Crippen MR) is 84.0 cm³/mol. The van der Waals surface area contributed by atoms with Crippen LogP contribution in [-0.2, 0) is 9.53 Å². The molecule has 1 N–H and O–H groups in total. The highest BCUT2D eigenvalue weighted by molar-refractivity contribution is 9.10. The summed E-state index contributed by atoms with van der Waals surface area (Å²) in [5, 5.41) is 3.75. The number of benzene rings is 2. The molecule has 0 aliphatic rings. The maximum atomic E-state index is 12.0. The van der Waals surface area contributed by atoms with Crippen molar-refractivity contribution in [2.45, 2.75) is 6.04 Å². The van der Waals surface area contributed by atoms with E-state index in [1.165, 1.54) is 7.11 Å². The van der Waals surface area contributed by atoms with Crippen LogP contribution in [-0.4, -0.2) is 13.1 Å². The molecule has 3 nitrogen and oxygen atoms in total. The molecular weight excluding hydrogens is 342 g/mol. The first-order chi connectivity index (χ1) is 9.61. The topological polar surface area (TPSA) is 38.3 Å². The lowest BCUT2D eigenvalue weighted by atomic mass is 10.1. The molecule has 0 aliphatic heterocycles. The van der Waals surface area contributed by atoms with Gasteiger partial charge in [-0.05, 0) is 45.8 Å². The Kier molecular flexibility index (Phi) is 5.04. The smallest absolute Gasteiger partial charge is 0.332 e. The van der Waals surface area contributed by atoms with Gasteiger partial charge in [0.05, 0.1) is 12.1 Å². The van der Waals surface area contributed by atoms with Gasteiger partial charge in [-0.1, -0.05) is 35.9 Å². The van der Waals surface area contributed by atoms with Gasteiger partial charge in [-0.25, -0.2) is 4.79 Å². The quantitative estimate of drug-likeness (QED) is 0.826. The van der Waals surface area contributed by atoms with Crippen LogP contribution in [0.4, 0.5) is 5.69 Å². The molecule has 0 aliphatic carbocycles. The molecule has 20 heavy (non-hydrogen) atoms. The van der Waals surface area contributed by atoms with Crippen molar-refractivity contribution < 1.29 is 9.53 Å². The average Bonchev–Trinajstić information content (AvgIpc) is 2.48. The van der Waals surface area contributed by atoms with E-state index in [1.807, 2.05) is 30.3 Å². The van der Waals surface area contributed by atoms with E-state index in [1.54, 1.807) is 18.2 Å². The molecule has 104 valence electrons. The first kappa shape index (κ1) is 14.9. The van der Waals surface area contributed by atoms with Gasteiger partial charge in [-0.2, -0.15) is 0 Å². The van der Waals surface area contributed by atoms with Crippen LogP contribution in [0, 0.1) is 0 Å². The molecule has 1 unspecified atom stereocenters. The van der Waals surface area contributed by atoms with E-state index >= 15 is 0 Å². The van der Waals surface area contributed by atoms with Gasteiger partial charge in [-0.15, -0.1) is 0 Å². The SMILES string of the molecule is COC(=O)C(Nc1ccccc1)c1ccc(Cl)c(Br)c1. The summed E-state index contributed by atoms with van der Waals surface area (Å²) in [6, 6.07) is 14.2. The van der Waals surface area contributed by atoms with Crippen molar-refractivity contribution in [3.8, 4) is 0 Å². The van der Waals surface area contributed by atoms with Crippen LogP contribution in [0.2, 0.25) is 5.02 Å². The van der Waals surface area contributed by atoms with Crippen LogP contribution >= 0.6 is 27.5 Å². The summed E-state index contributed by atoms with van der Waals surface area (Å²) in [5.41, 5.74) is 1.62. The van der Waals surface area contributed by atoms with Gasteiger partial charge >= 0.3 is 5.97 Å². The summed E-state index contributed by atoms with van der Waals surface area (Å²) in [6.07, 6.45) is 0. The van der Waals surface area contributed by atoms with Crippen molar-refractivity contribution in [2.24, 2.45) is 0 Å². The Hall–Kier alpha value is -1.52. The molecule has 0 saturated carbocycles. The van der Waals surface area contributed by atoms with Gasteiger partial charge in [0.1, 0.15) is 0 Å². The zero-order valence-electron chi connectivity index (χ0n) is 10.8. The lowest BCUT2D eigenvalue weighted by Crippen LogP contribution is -2.22. The van der Waals surface area contributed by atoms with Crippen LogP contribution in [0.25, 0.3) is 0 Å². The minimum absolute atomic E-state index is 0.358. The summed E-state index contributed by atoms with van der Waals surface area (Å²) in [7, 11) is 1.37. The van der Waals surface area contributed by atoms with Gasteiger partial charge in [0, 0.05) is 10.2 Å². The van der Waals surface area contributed by atoms with Gasteiger partial charge in [-0.3, -0.25) is 0 Å². The first-order valence-corrected chi connectivity index (χ1v) is 7.13. The summed E-state index contributed by atoms with van der Waals surface area (Å²) >= 11 is 9.33. The molecule has 2 aromatic rings. The molecule has 0 radical (unpaired) electrons. The summed E-state index contributed by atoms with van der Waals surface area (Å²) in [5.74, 6) is -0.358. The maximum absolute atomic E-state index is 12.0. The predicted octanol–water partition coefficient (Wildman–Crippen LogP) is 4.43. The first-order valence-electron chi connectivity index (χ1n) is 5.96. The Morgan fingerprint density at radius 2 is 1.95 bits per heavy atom. The highest BCUT2D eigenvalue weighted by Crippen LogP contribution is 2.28. The Labute approximate surface area is 131 Å². The third kappa shape index (κ3) is 3.52. The van der Waals surface area contributed by atoms with Crippen LogP contribution in [0.3, 0.4) is 0 Å². The Bertz CT molecular complexity index is 604. The van der Waals surface area contributed by atoms with Crippen molar-refractivity contribution >= 4 is 39.2 Å². The number of hydrogen-bond donors (Lipinski definition) is 1. The monoisotopic (exact) mass is 353 g/mol. The fourth-order valence-corrected chi connectivity index (χ4v) is 2.30. The molecule has 0 bridgehead atoms. The number of esters is 1. The number of anilines is 1. The molecule has 0 spiro atoms. The maximum Gasteiger partial charge on any atom is 0.332 e. The summed E-state index contributed by atoms with van der Waals surface area (Å²) in [4.78, 5) is 12.0. The normalized spacial score (nSPS) is 11.8. The molecule has 5 heteroatoms. The summed E-state index contributed by atoms with van der Waals surface area (Å²) in [6.45, 7) is 0. The second kappa shape index (κ2) is 6.77. The molecular formula is C15H13BrClNO2. The minimum Gasteiger partial charge on any atom is -0.467 e. The standard InChI is InChI=1S/C15H13BrClNO2/c1-20-15(19)14(18-11-5-3-2-4-6-11)10-7-8-13(17)12(16)9-10/h2-9,14,18H,1H3. The zero-order chi connectivity index (χ0) is 14.5. The highest BCUT2D eigenvalue weighted by Gasteiger charge is 2.21. The van der Waals surface area contributed by atoms with E-state index < -0.39 is 6.04 Å². The fourth-order valence-electron chi connectivity index (χ4n) is 1.79. The van der Waals surface area contributed by atoms with Crippen molar-refractivity contribution in [3.63, 3.8) is 0 Å². The zero-order valence-corrected chi connectivity index (χ0v) is 13.1. The number of methoxy groups -OCH3 is 1. The molecule has 0 saturated heterocycles. The number of ether oxygens (including phenoxy) is 1. The van der Waals surface area contributed by atoms with Crippen molar-refractivity contribution in [2.75, 3.05) is 12.4 Å². The average molecular weight is 355 g/mol. The second-order valence-corrected chi connectivity index (χ2v) is 5.40. The third-order valence-corrected chi connectivity index (χ3v) is 4.01. The Morgan fingerprint density at radius 3 is 2.55 bits per heavy atom. The number of halogens is 2. The highest BCUT2D eigenvalue weighted by atomic mass is 79.9. The molecule has 0 heterocycles. The summed E-state index contributed by atoms with van der Waals surface area (Å²) < 4.78 is 5.60. The lowest BCUT2D eigenvalue weighted by Gasteiger charge is -2.18. The van der Waals surface area contributed by atoms with E-state index in [-0.39, 0.29) is 5.97 Å². The number of nitrogens with one attached hydrogen (secondary N) is 1. The molecule has 0 aromatic heterocycles. The number of carbonyl (C=O) groups excluding carboxylic acids is 1. The second-order valence-electron chi connectivity index (χ2n) is 4.14. The lowest BCUT2D eigenvalue weighted by molar-refractivity contribution is -0.141. The fraction of sp³-hybridized carbons (Fsp3) is 0.133. The molecule has 2 aromatic carbocycles. The van der Waals surface area contributed by atoms with Crippen molar-refractivity contribution in [3.05, 3.63) is 63.6 Å². The van der Waals surface area contributed by atoms with Gasteiger partial charge < -0.3 is 10.1 Å². The molecule has 2 rings (SSSR count). The van der Waals surface area contributed by atoms with Crippen LogP contribution in [0.15, 0.2) is 53.0 Å². The number of carbonyl (C=O) groups is 1. The van der Waals surface area contributed by atoms with E-state index in [0.717, 1.165) is 15.7 Å². The number of rotatable bonds is 4. The van der Waals surface area contributed by atoms with E-state index in [9.17, 15) is 4.79 Å². The third-order valence-electron chi connectivity index (χ3n) is 2.80. The van der Waals surface area contributed by atoms with Crippen LogP contribution in [0.1, 0.15) is 11.6 Å². The van der Waals surface area contributed by atoms with E-state index in [4.69, 9.17) is 16.3 Å². The minimum atomic E-state index is -0.587. The Balaban J connectivity index is 2.32. The number of hydrogen-bond acceptors (Lipinski definition) is 3. The number of para-hydroxylation sites is 1. The Morgan fingerprint density at radius 1 is 1.25 bits per heavy atom. The van der Waals surface area contributed by atoms with Crippen LogP contribution in [0.5, 0.6) is 0 Å². The van der Waals surface area contributed by atoms with Crippen molar-refractivity contribution in [1.82, 2.24) is 0 Å². The molecule has 0 amide bonds. The van der Waals surface area contributed by atoms with Crippen molar-refractivity contribution in [1.29, 1.82) is 0 Å².